The average molecular weight is 362 g/mol. The van der Waals surface area contributed by atoms with Crippen LogP contribution < -0.4 is 15.9 Å². The van der Waals surface area contributed by atoms with E-state index in [-0.39, 0.29) is 18.2 Å². The molecule has 2 atom stereocenters. The number of halogens is 1. The molecule has 1 aliphatic carbocycles. The van der Waals surface area contributed by atoms with Gasteiger partial charge in [0.2, 0.25) is 5.91 Å². The minimum Gasteiger partial charge on any atom is -0.309 e. The van der Waals surface area contributed by atoms with Gasteiger partial charge >= 0.3 is 0 Å². The van der Waals surface area contributed by atoms with E-state index in [0.29, 0.717) is 16.8 Å². The fourth-order valence-electron chi connectivity index (χ4n) is 3.47. The lowest BCUT2D eigenvalue weighted by molar-refractivity contribution is -0.117. The van der Waals surface area contributed by atoms with Crippen molar-refractivity contribution in [3.63, 3.8) is 0 Å². The van der Waals surface area contributed by atoms with Crippen molar-refractivity contribution in [1.82, 2.24) is 9.38 Å². The van der Waals surface area contributed by atoms with Crippen LogP contribution in [0.15, 0.2) is 41.7 Å². The van der Waals surface area contributed by atoms with E-state index >= 15 is 0 Å². The number of aryl methyl sites for hydroxylation is 1. The first-order valence-electron chi connectivity index (χ1n) is 8.68. The van der Waals surface area contributed by atoms with Gasteiger partial charge in [0, 0.05) is 17.5 Å². The summed E-state index contributed by atoms with van der Waals surface area (Å²) in [4.78, 5) is 32.0. The van der Waals surface area contributed by atoms with E-state index in [4.69, 9.17) is 0 Å². The number of carbonyl (C=O) groups excluding carboxylic acids is 2. The number of benzene rings is 1. The molecular weight excluding hydrogens is 347 g/mol. The third-order valence-electron chi connectivity index (χ3n) is 4.97. The average Bonchev–Trinajstić information content (AvgIpc) is 3.05. The van der Waals surface area contributed by atoms with Crippen molar-refractivity contribution in [3.8, 4) is 11.1 Å². The van der Waals surface area contributed by atoms with E-state index in [1.807, 2.05) is 37.4 Å². The number of nitrogens with zero attached hydrogens (tertiary/aromatic N) is 3. The quantitative estimate of drug-likeness (QED) is 0.768. The zero-order valence-electron chi connectivity index (χ0n) is 14.4. The molecule has 3 heterocycles. The number of carbonyl (C=O) groups is 2. The lowest BCUT2D eigenvalue weighted by Gasteiger charge is -2.07. The van der Waals surface area contributed by atoms with Crippen LogP contribution in [0.3, 0.4) is 0 Å². The number of imidazole rings is 1. The van der Waals surface area contributed by atoms with Crippen LogP contribution in [0.4, 0.5) is 10.2 Å². The van der Waals surface area contributed by atoms with Gasteiger partial charge in [-0.1, -0.05) is 6.07 Å². The van der Waals surface area contributed by atoms with E-state index in [0.717, 1.165) is 21.9 Å². The molecule has 1 N–H and O–H groups in total. The molecule has 0 unspecified atom stereocenters. The van der Waals surface area contributed by atoms with Gasteiger partial charge in [0.15, 0.2) is 5.82 Å². The Morgan fingerprint density at radius 1 is 1.26 bits per heavy atom. The summed E-state index contributed by atoms with van der Waals surface area (Å²) >= 11 is 0. The van der Waals surface area contributed by atoms with Crippen molar-refractivity contribution >= 4 is 29.4 Å². The zero-order chi connectivity index (χ0) is 18.7. The Balaban J connectivity index is 1.56. The summed E-state index contributed by atoms with van der Waals surface area (Å²) in [6.45, 7) is 1.99. The summed E-state index contributed by atoms with van der Waals surface area (Å²) in [5.41, 5.74) is 3.56. The van der Waals surface area contributed by atoms with Crippen LogP contribution in [0.25, 0.3) is 22.9 Å². The van der Waals surface area contributed by atoms with Crippen molar-refractivity contribution in [3.05, 3.63) is 52.8 Å². The highest BCUT2D eigenvalue weighted by Crippen LogP contribution is 2.34. The lowest BCUT2D eigenvalue weighted by Crippen LogP contribution is -2.24. The second-order valence-corrected chi connectivity index (χ2v) is 6.94. The van der Waals surface area contributed by atoms with E-state index in [1.165, 1.54) is 0 Å². The Labute approximate surface area is 153 Å². The predicted molar refractivity (Wildman–Crippen MR) is 97.3 cm³/mol. The minimum atomic E-state index is -1.04. The molecule has 1 aromatic carbocycles. The molecule has 3 aromatic rings. The van der Waals surface area contributed by atoms with Crippen LogP contribution in [0.2, 0.25) is 0 Å². The second-order valence-electron chi connectivity index (χ2n) is 6.94. The summed E-state index contributed by atoms with van der Waals surface area (Å²) in [5, 5.41) is 4.15. The number of fused-ring (bicyclic) bond motifs is 2. The molecule has 134 valence electrons. The van der Waals surface area contributed by atoms with Gasteiger partial charge < -0.3 is 9.72 Å². The summed E-state index contributed by atoms with van der Waals surface area (Å²) in [7, 11) is 0. The van der Waals surface area contributed by atoms with Crippen LogP contribution in [-0.4, -0.2) is 27.4 Å². The molecule has 0 radical (unpaired) electrons. The van der Waals surface area contributed by atoms with Gasteiger partial charge in [0.05, 0.1) is 17.5 Å². The number of amides is 2. The second kappa shape index (κ2) is 5.57. The fraction of sp³-hybridized carbons (Fsp3) is 0.200. The molecule has 0 bridgehead atoms. The number of alkyl halides is 1. The van der Waals surface area contributed by atoms with E-state index < -0.39 is 12.1 Å². The topological polar surface area (TPSA) is 75.8 Å². The molecule has 2 amide bonds. The molecule has 1 saturated carbocycles. The van der Waals surface area contributed by atoms with Crippen LogP contribution in [0.1, 0.15) is 12.0 Å². The molecule has 1 aliphatic heterocycles. The SMILES string of the molecule is Cc1ccc2c(c1-c1ccc3nc(NC(=O)[C@@H]4C[C@@H]4F)cn3c1)=CC(=O)N=2. The highest BCUT2D eigenvalue weighted by Gasteiger charge is 2.43. The minimum absolute atomic E-state index is 0.253. The summed E-state index contributed by atoms with van der Waals surface area (Å²) in [5.74, 6) is -0.755. The number of hydrogen-bond acceptors (Lipinski definition) is 3. The molecule has 5 rings (SSSR count). The van der Waals surface area contributed by atoms with Crippen molar-refractivity contribution in [2.45, 2.75) is 19.5 Å². The van der Waals surface area contributed by atoms with Gasteiger partial charge in [0.25, 0.3) is 5.91 Å². The molecule has 6 nitrogen and oxygen atoms in total. The Kier molecular flexibility index (Phi) is 3.28. The molecule has 7 heteroatoms. The zero-order valence-corrected chi connectivity index (χ0v) is 14.4. The first kappa shape index (κ1) is 15.9. The monoisotopic (exact) mass is 362 g/mol. The van der Waals surface area contributed by atoms with E-state index in [2.05, 4.69) is 15.3 Å². The van der Waals surface area contributed by atoms with Gasteiger partial charge in [-0.05, 0) is 48.2 Å². The summed E-state index contributed by atoms with van der Waals surface area (Å²) in [6.07, 6.45) is 4.38. The number of aromatic nitrogens is 2. The maximum Gasteiger partial charge on any atom is 0.270 e. The molecule has 0 spiro atoms. The summed E-state index contributed by atoms with van der Waals surface area (Å²) < 4.78 is 14.8. The Hall–Kier alpha value is -3.35. The van der Waals surface area contributed by atoms with Crippen LogP contribution in [0.5, 0.6) is 0 Å². The molecular formula is C20H15FN4O2. The van der Waals surface area contributed by atoms with E-state index in [9.17, 15) is 14.0 Å². The maximum absolute atomic E-state index is 13.0. The van der Waals surface area contributed by atoms with Crippen molar-refractivity contribution in [2.24, 2.45) is 10.9 Å². The number of rotatable bonds is 3. The first-order chi connectivity index (χ1) is 13.0. The Bertz CT molecular complexity index is 1260. The fourth-order valence-corrected chi connectivity index (χ4v) is 3.47. The Morgan fingerprint density at radius 2 is 2.07 bits per heavy atom. The third kappa shape index (κ3) is 2.63. The van der Waals surface area contributed by atoms with Crippen LogP contribution >= 0.6 is 0 Å². The highest BCUT2D eigenvalue weighted by molar-refractivity contribution is 6.07. The maximum atomic E-state index is 13.0. The van der Waals surface area contributed by atoms with Crippen molar-refractivity contribution < 1.29 is 14.0 Å². The van der Waals surface area contributed by atoms with E-state index in [1.54, 1.807) is 16.7 Å². The van der Waals surface area contributed by atoms with Crippen LogP contribution in [-0.2, 0) is 9.59 Å². The van der Waals surface area contributed by atoms with Crippen molar-refractivity contribution in [1.29, 1.82) is 0 Å². The first-order valence-corrected chi connectivity index (χ1v) is 8.68. The molecule has 0 saturated heterocycles. The standard InChI is InChI=1S/C20H15FN4O2/c1-10-2-4-15-13(7-18(26)22-15)19(10)11-3-5-17-23-16(9-25(17)8-11)24-20(27)12-6-14(12)21/h2-5,7-9,12,14H,6H2,1H3,(H,24,27)/t12-,14+/m1/s1. The van der Waals surface area contributed by atoms with Gasteiger partial charge in [-0.15, -0.1) is 0 Å². The van der Waals surface area contributed by atoms with Gasteiger partial charge in [-0.25, -0.2) is 14.4 Å². The number of anilines is 1. The molecule has 27 heavy (non-hydrogen) atoms. The predicted octanol–water partition coefficient (Wildman–Crippen LogP) is 1.55. The number of pyridine rings is 1. The number of hydrogen-bond donors (Lipinski definition) is 1. The largest absolute Gasteiger partial charge is 0.309 e. The lowest BCUT2D eigenvalue weighted by atomic mass is 9.99. The van der Waals surface area contributed by atoms with Gasteiger partial charge in [-0.2, -0.15) is 0 Å². The number of nitrogens with one attached hydrogen (secondary N) is 1. The van der Waals surface area contributed by atoms with Crippen molar-refractivity contribution in [2.75, 3.05) is 5.32 Å². The van der Waals surface area contributed by atoms with Crippen LogP contribution in [0, 0.1) is 12.8 Å². The third-order valence-corrected chi connectivity index (χ3v) is 4.97. The smallest absolute Gasteiger partial charge is 0.270 e. The van der Waals surface area contributed by atoms with Gasteiger partial charge in [-0.3, -0.25) is 9.59 Å². The highest BCUT2D eigenvalue weighted by atomic mass is 19.1. The molecule has 2 aliphatic rings. The molecule has 1 fully saturated rings. The Morgan fingerprint density at radius 3 is 2.85 bits per heavy atom. The molecule has 2 aromatic heterocycles. The summed E-state index contributed by atoms with van der Waals surface area (Å²) in [6, 6.07) is 7.55. The normalized spacial score (nSPS) is 20.1. The van der Waals surface area contributed by atoms with Gasteiger partial charge in [0.1, 0.15) is 11.8 Å².